The fourth-order valence-corrected chi connectivity index (χ4v) is 3.42. The van der Waals surface area contributed by atoms with Gasteiger partial charge in [0.15, 0.2) is 0 Å². The number of hydrogen-bond acceptors (Lipinski definition) is 4. The maximum absolute atomic E-state index is 14.5. The summed E-state index contributed by atoms with van der Waals surface area (Å²) in [4.78, 5) is 12.2. The maximum Gasteiger partial charge on any atom is 0.492 e. The third-order valence-electron chi connectivity index (χ3n) is 5.58. The zero-order valence-corrected chi connectivity index (χ0v) is 20.0. The van der Waals surface area contributed by atoms with Crippen molar-refractivity contribution in [3.05, 3.63) is 75.2 Å². The van der Waals surface area contributed by atoms with Crippen LogP contribution in [0.5, 0.6) is 0 Å². The second-order valence-corrected chi connectivity index (χ2v) is 9.42. The van der Waals surface area contributed by atoms with E-state index in [9.17, 15) is 13.6 Å². The van der Waals surface area contributed by atoms with Crippen molar-refractivity contribution in [1.29, 1.82) is 0 Å². The summed E-state index contributed by atoms with van der Waals surface area (Å²) < 4.78 is 46.5. The van der Waals surface area contributed by atoms with Crippen molar-refractivity contribution in [3.63, 3.8) is 0 Å². The van der Waals surface area contributed by atoms with Gasteiger partial charge in [-0.05, 0) is 50.9 Å². The number of alkyl carbamates (subject to hydrolysis) is 1. The first-order chi connectivity index (χ1) is 15.0. The molecule has 0 atom stereocenters. The second-order valence-electron chi connectivity index (χ2n) is 8.51. The van der Waals surface area contributed by atoms with Gasteiger partial charge >= 0.3 is 13.2 Å². The first-order valence-corrected chi connectivity index (χ1v) is 10.9. The molecule has 170 valence electrons. The Kier molecular flexibility index (Phi) is 7.42. The van der Waals surface area contributed by atoms with E-state index in [2.05, 4.69) is 21.2 Å². The van der Waals surface area contributed by atoms with E-state index in [0.717, 1.165) is 5.56 Å². The van der Waals surface area contributed by atoms with Crippen molar-refractivity contribution in [1.82, 2.24) is 5.32 Å². The predicted molar refractivity (Wildman–Crippen MR) is 123 cm³/mol. The molecule has 0 spiro atoms. The molecule has 0 bridgehead atoms. The van der Waals surface area contributed by atoms with E-state index in [0.29, 0.717) is 5.47 Å². The normalized spacial score (nSPS) is 17.3. The summed E-state index contributed by atoms with van der Waals surface area (Å²) in [7, 11) is -0.906. The predicted octanol–water partition coefficient (Wildman–Crippen LogP) is 5.67. The Bertz CT molecular complexity index is 975. The van der Waals surface area contributed by atoms with Crippen molar-refractivity contribution < 1.29 is 27.6 Å². The lowest BCUT2D eigenvalue weighted by Crippen LogP contribution is -2.41. The average molecular weight is 508 g/mol. The van der Waals surface area contributed by atoms with Gasteiger partial charge in [0.2, 0.25) is 0 Å². The molecule has 32 heavy (non-hydrogen) atoms. The monoisotopic (exact) mass is 507 g/mol. The van der Waals surface area contributed by atoms with E-state index in [1.54, 1.807) is 0 Å². The molecule has 0 aromatic heterocycles. The molecular formula is C23H25BBrF2NO4. The highest BCUT2D eigenvalue weighted by Crippen LogP contribution is 2.39. The molecule has 2 aromatic carbocycles. The number of carbonyl (C=O) groups excluding carboxylic acids is 1. The van der Waals surface area contributed by atoms with Crippen LogP contribution < -0.4 is 5.32 Å². The minimum absolute atomic E-state index is 0.0839. The number of amides is 1. The van der Waals surface area contributed by atoms with Gasteiger partial charge in [-0.2, -0.15) is 0 Å². The van der Waals surface area contributed by atoms with Crippen LogP contribution in [-0.2, 0) is 20.7 Å². The molecule has 2 aromatic rings. The minimum Gasteiger partial charge on any atom is -0.445 e. The number of rotatable bonds is 6. The standard InChI is InChI=1S/C23H25BBrF2NO4/c1-22(2)23(3,4)32-24(31-22)16(10-18-19(26)11-17(25)12-20(18)27)13-28-21(29)30-14-15-8-6-5-7-9-15/h5-12H,13-14H2,1-4H3,(H,28,29). The molecular weight excluding hydrogens is 483 g/mol. The van der Waals surface area contributed by atoms with Crippen molar-refractivity contribution in [2.75, 3.05) is 6.54 Å². The zero-order chi connectivity index (χ0) is 23.5. The van der Waals surface area contributed by atoms with E-state index in [1.165, 1.54) is 18.2 Å². The molecule has 0 radical (unpaired) electrons. The lowest BCUT2D eigenvalue weighted by atomic mass is 9.77. The first kappa shape index (κ1) is 24.4. The summed E-state index contributed by atoms with van der Waals surface area (Å²) in [5.74, 6) is -1.50. The fourth-order valence-electron chi connectivity index (χ4n) is 3.02. The molecule has 1 N–H and O–H groups in total. The molecule has 1 aliphatic heterocycles. The lowest BCUT2D eigenvalue weighted by Gasteiger charge is -2.32. The number of ether oxygens (including phenoxy) is 1. The molecule has 0 aliphatic carbocycles. The molecule has 0 unspecified atom stereocenters. The van der Waals surface area contributed by atoms with Crippen molar-refractivity contribution >= 4 is 35.2 Å². The van der Waals surface area contributed by atoms with Gasteiger partial charge in [0.05, 0.1) is 11.2 Å². The van der Waals surface area contributed by atoms with Crippen molar-refractivity contribution in [3.8, 4) is 0 Å². The van der Waals surface area contributed by atoms with Crippen molar-refractivity contribution in [2.24, 2.45) is 0 Å². The minimum atomic E-state index is -0.906. The zero-order valence-electron chi connectivity index (χ0n) is 18.4. The van der Waals surface area contributed by atoms with Gasteiger partial charge in [0.1, 0.15) is 18.2 Å². The van der Waals surface area contributed by atoms with Gasteiger partial charge in [-0.25, -0.2) is 13.6 Å². The fraction of sp³-hybridized carbons (Fsp3) is 0.348. The molecule has 0 saturated carbocycles. The lowest BCUT2D eigenvalue weighted by molar-refractivity contribution is 0.00578. The molecule has 1 aliphatic rings. The summed E-state index contributed by atoms with van der Waals surface area (Å²) in [6.07, 6.45) is 0.629. The number of hydrogen-bond donors (Lipinski definition) is 1. The molecule has 5 nitrogen and oxygen atoms in total. The Hall–Kier alpha value is -2.23. The van der Waals surface area contributed by atoms with Crippen LogP contribution in [0.4, 0.5) is 13.6 Å². The van der Waals surface area contributed by atoms with Gasteiger partial charge in [0, 0.05) is 16.6 Å². The summed E-state index contributed by atoms with van der Waals surface area (Å²) in [6, 6.07) is 11.6. The first-order valence-electron chi connectivity index (χ1n) is 10.1. The van der Waals surface area contributed by atoms with Gasteiger partial charge in [-0.3, -0.25) is 0 Å². The van der Waals surface area contributed by atoms with Crippen LogP contribution >= 0.6 is 15.9 Å². The van der Waals surface area contributed by atoms with Crippen LogP contribution in [0, 0.1) is 11.6 Å². The van der Waals surface area contributed by atoms with Crippen LogP contribution in [0.1, 0.15) is 38.8 Å². The summed E-state index contributed by atoms with van der Waals surface area (Å²) in [6.45, 7) is 7.48. The molecule has 1 saturated heterocycles. The molecule has 1 heterocycles. The Labute approximate surface area is 195 Å². The van der Waals surface area contributed by atoms with E-state index in [1.807, 2.05) is 58.0 Å². The van der Waals surface area contributed by atoms with Crippen LogP contribution in [0.2, 0.25) is 0 Å². The van der Waals surface area contributed by atoms with E-state index in [4.69, 9.17) is 14.0 Å². The van der Waals surface area contributed by atoms with Crippen molar-refractivity contribution in [2.45, 2.75) is 45.5 Å². The molecule has 1 fully saturated rings. The third kappa shape index (κ3) is 5.76. The largest absolute Gasteiger partial charge is 0.492 e. The number of carbonyl (C=O) groups is 1. The van der Waals surface area contributed by atoms with Crippen LogP contribution in [0.15, 0.2) is 52.4 Å². The number of benzene rings is 2. The smallest absolute Gasteiger partial charge is 0.445 e. The van der Waals surface area contributed by atoms with Gasteiger partial charge in [-0.1, -0.05) is 52.3 Å². The highest BCUT2D eigenvalue weighted by atomic mass is 79.9. The maximum atomic E-state index is 14.5. The summed E-state index contributed by atoms with van der Waals surface area (Å²) in [5, 5.41) is 2.61. The summed E-state index contributed by atoms with van der Waals surface area (Å²) in [5.41, 5.74) is -0.399. The number of nitrogens with one attached hydrogen (secondary N) is 1. The van der Waals surface area contributed by atoms with Crippen LogP contribution in [0.25, 0.3) is 6.08 Å². The molecule has 3 rings (SSSR count). The highest BCUT2D eigenvalue weighted by molar-refractivity contribution is 9.10. The Balaban J connectivity index is 1.79. The van der Waals surface area contributed by atoms with E-state index < -0.39 is 36.0 Å². The van der Waals surface area contributed by atoms with Crippen LogP contribution in [0.3, 0.4) is 0 Å². The Morgan fingerprint density at radius 2 is 1.66 bits per heavy atom. The molecule has 1 amide bonds. The van der Waals surface area contributed by atoms with E-state index in [-0.39, 0.29) is 23.2 Å². The second kappa shape index (κ2) is 9.73. The average Bonchev–Trinajstić information content (AvgIpc) is 2.93. The Morgan fingerprint density at radius 3 is 2.22 bits per heavy atom. The van der Waals surface area contributed by atoms with Gasteiger partial charge < -0.3 is 19.4 Å². The quantitative estimate of drug-likeness (QED) is 0.512. The highest BCUT2D eigenvalue weighted by Gasteiger charge is 2.52. The van der Waals surface area contributed by atoms with Gasteiger partial charge in [0.25, 0.3) is 0 Å². The van der Waals surface area contributed by atoms with Gasteiger partial charge in [-0.15, -0.1) is 0 Å². The Morgan fingerprint density at radius 1 is 1.09 bits per heavy atom. The summed E-state index contributed by atoms with van der Waals surface area (Å²) >= 11 is 3.07. The van der Waals surface area contributed by atoms with Crippen LogP contribution in [-0.4, -0.2) is 31.0 Å². The van der Waals surface area contributed by atoms with E-state index >= 15 is 0 Å². The number of halogens is 3. The topological polar surface area (TPSA) is 56.8 Å². The molecule has 9 heteroatoms. The SMILES string of the molecule is CC1(C)OB(C(=Cc2c(F)cc(Br)cc2F)CNC(=O)OCc2ccccc2)OC1(C)C. The third-order valence-corrected chi connectivity index (χ3v) is 6.04.